The van der Waals surface area contributed by atoms with Crippen molar-refractivity contribution in [2.45, 2.75) is 9.79 Å². The Balaban J connectivity index is 2.01. The molecule has 1 heterocycles. The lowest BCUT2D eigenvalue weighted by Crippen LogP contribution is -2.40. The first-order chi connectivity index (χ1) is 12.1. The molecule has 2 rings (SSSR count). The van der Waals surface area contributed by atoms with Crippen molar-refractivity contribution in [2.75, 3.05) is 38.7 Å². The van der Waals surface area contributed by atoms with E-state index in [0.29, 0.717) is 17.3 Å². The van der Waals surface area contributed by atoms with Gasteiger partial charge in [0.1, 0.15) is 11.5 Å². The van der Waals surface area contributed by atoms with Gasteiger partial charge in [-0.05, 0) is 24.1 Å². The van der Waals surface area contributed by atoms with Gasteiger partial charge in [-0.2, -0.15) is 0 Å². The van der Waals surface area contributed by atoms with Crippen LogP contribution in [0, 0.1) is 10.1 Å². The summed E-state index contributed by atoms with van der Waals surface area (Å²) in [7, 11) is -2.47. The number of sulfonamides is 1. The Morgan fingerprint density at radius 1 is 1.58 bits per heavy atom. The van der Waals surface area contributed by atoms with E-state index in [0.717, 1.165) is 0 Å². The molecule has 0 unspecified atom stereocenters. The molecule has 1 aliphatic rings. The van der Waals surface area contributed by atoms with Crippen molar-refractivity contribution in [2.24, 2.45) is 5.14 Å². The summed E-state index contributed by atoms with van der Waals surface area (Å²) >= 11 is 7.11. The summed E-state index contributed by atoms with van der Waals surface area (Å²) in [6.45, 7) is 0.153. The number of halogens is 1. The van der Waals surface area contributed by atoms with Crippen LogP contribution in [0.15, 0.2) is 21.9 Å². The number of carbonyl (C=O) groups excluding carboxylic acids is 1. The monoisotopic (exact) mass is 425 g/mol. The first-order valence-corrected chi connectivity index (χ1v) is 9.82. The number of benzene rings is 1. The van der Waals surface area contributed by atoms with Gasteiger partial charge < -0.3 is 15.1 Å². The maximum absolute atomic E-state index is 12.2. The van der Waals surface area contributed by atoms with Crippen molar-refractivity contribution >= 4 is 45.2 Å². The molecule has 0 atom stereocenters. The molecule has 0 saturated carbocycles. The second-order valence-corrected chi connectivity index (χ2v) is 8.34. The van der Waals surface area contributed by atoms with Crippen molar-refractivity contribution in [3.8, 4) is 0 Å². The normalized spacial score (nSPS) is 14.3. The van der Waals surface area contributed by atoms with Crippen LogP contribution in [0.3, 0.4) is 0 Å². The van der Waals surface area contributed by atoms with Crippen LogP contribution in [0.1, 0.15) is 0 Å². The topological polar surface area (TPSA) is 148 Å². The van der Waals surface area contributed by atoms with Gasteiger partial charge in [-0.25, -0.2) is 17.9 Å². The minimum Gasteiger partial charge on any atom is -0.370 e. The highest BCUT2D eigenvalue weighted by Crippen LogP contribution is 2.38. The van der Waals surface area contributed by atoms with E-state index < -0.39 is 15.1 Å². The molecule has 0 radical (unpaired) electrons. The lowest BCUT2D eigenvalue weighted by atomic mass is 10.3. The zero-order valence-corrected chi connectivity index (χ0v) is 15.9. The highest BCUT2D eigenvalue weighted by molar-refractivity contribution is 7.97. The number of hydrogen-bond acceptors (Lipinski definition) is 9. The van der Waals surface area contributed by atoms with Crippen molar-refractivity contribution in [1.82, 2.24) is 9.21 Å². The maximum atomic E-state index is 12.2. The minimum absolute atomic E-state index is 0.000590. The number of nitrogens with two attached hydrogens (primary N) is 1. The molecule has 0 saturated heterocycles. The molecule has 3 N–H and O–H groups in total. The Morgan fingerprint density at radius 3 is 2.88 bits per heavy atom. The van der Waals surface area contributed by atoms with Gasteiger partial charge in [0.05, 0.1) is 23.9 Å². The number of rotatable bonds is 7. The van der Waals surface area contributed by atoms with Gasteiger partial charge >= 0.3 is 0 Å². The standard InChI is InChI=1S/C12H16ClN5O6S2/c1-16(2-3-24-18(20)21)12(19)6-17-7-15-9-4-8(13)11(26(14,22)23)5-10(9)25-17/h4-5,15H,2-3,6-7H2,1H3,(H2,14,22,23). The fraction of sp³-hybridized carbons (Fsp3) is 0.417. The molecule has 144 valence electrons. The highest BCUT2D eigenvalue weighted by Gasteiger charge is 2.24. The zero-order valence-electron chi connectivity index (χ0n) is 13.5. The summed E-state index contributed by atoms with van der Waals surface area (Å²) < 4.78 is 24.8. The number of amides is 1. The summed E-state index contributed by atoms with van der Waals surface area (Å²) in [6, 6.07) is 2.81. The second-order valence-electron chi connectivity index (χ2n) is 5.26. The van der Waals surface area contributed by atoms with E-state index in [9.17, 15) is 23.3 Å². The van der Waals surface area contributed by atoms with Crippen LogP contribution in [0.4, 0.5) is 5.69 Å². The Bertz CT molecular complexity index is 821. The fourth-order valence-corrected chi connectivity index (χ4v) is 4.20. The molecule has 1 aromatic rings. The predicted octanol–water partition coefficient (Wildman–Crippen LogP) is 0.346. The second kappa shape index (κ2) is 8.26. The third-order valence-corrected chi connectivity index (χ3v) is 5.80. The first-order valence-electron chi connectivity index (χ1n) is 7.12. The predicted molar refractivity (Wildman–Crippen MR) is 94.5 cm³/mol. The van der Waals surface area contributed by atoms with E-state index in [1.165, 1.54) is 36.0 Å². The lowest BCUT2D eigenvalue weighted by Gasteiger charge is -2.30. The van der Waals surface area contributed by atoms with Gasteiger partial charge in [0.15, 0.2) is 0 Å². The van der Waals surface area contributed by atoms with E-state index in [1.54, 1.807) is 4.31 Å². The molecule has 0 spiro atoms. The molecule has 1 aromatic carbocycles. The van der Waals surface area contributed by atoms with Gasteiger partial charge in [0.2, 0.25) is 15.9 Å². The average molecular weight is 426 g/mol. The molecule has 0 aliphatic carbocycles. The van der Waals surface area contributed by atoms with Crippen LogP contribution in [-0.2, 0) is 19.7 Å². The molecular weight excluding hydrogens is 410 g/mol. The van der Waals surface area contributed by atoms with Crippen LogP contribution >= 0.6 is 23.5 Å². The summed E-state index contributed by atoms with van der Waals surface area (Å²) in [6.07, 6.45) is 0. The Morgan fingerprint density at radius 2 is 2.27 bits per heavy atom. The molecule has 11 nitrogen and oxygen atoms in total. The van der Waals surface area contributed by atoms with E-state index in [2.05, 4.69) is 10.2 Å². The van der Waals surface area contributed by atoms with Gasteiger partial charge in [-0.3, -0.25) is 4.79 Å². The van der Waals surface area contributed by atoms with Gasteiger partial charge in [0.25, 0.3) is 5.09 Å². The molecule has 0 bridgehead atoms. The van der Waals surface area contributed by atoms with Crippen LogP contribution in [-0.4, -0.2) is 62.0 Å². The SMILES string of the molecule is CN(CCO[N+](=O)[O-])C(=O)CN1CNc2cc(Cl)c(S(N)(=O)=O)cc2S1. The van der Waals surface area contributed by atoms with E-state index in [4.69, 9.17) is 16.7 Å². The number of nitrogens with zero attached hydrogens (tertiary/aromatic N) is 3. The smallest absolute Gasteiger partial charge is 0.294 e. The van der Waals surface area contributed by atoms with Crippen molar-refractivity contribution < 1.29 is 23.1 Å². The van der Waals surface area contributed by atoms with Crippen molar-refractivity contribution in [3.05, 3.63) is 27.3 Å². The van der Waals surface area contributed by atoms with E-state index in [1.807, 2.05) is 0 Å². The van der Waals surface area contributed by atoms with Crippen LogP contribution in [0.25, 0.3) is 0 Å². The van der Waals surface area contributed by atoms with Crippen LogP contribution < -0.4 is 10.5 Å². The largest absolute Gasteiger partial charge is 0.370 e. The van der Waals surface area contributed by atoms with E-state index >= 15 is 0 Å². The molecule has 26 heavy (non-hydrogen) atoms. The lowest BCUT2D eigenvalue weighted by molar-refractivity contribution is -0.757. The average Bonchev–Trinajstić information content (AvgIpc) is 2.53. The molecular formula is C12H16ClN5O6S2. The van der Waals surface area contributed by atoms with E-state index in [-0.39, 0.29) is 35.5 Å². The minimum atomic E-state index is -3.97. The molecule has 0 aromatic heterocycles. The van der Waals surface area contributed by atoms with Gasteiger partial charge in [0, 0.05) is 18.5 Å². The maximum Gasteiger partial charge on any atom is 0.294 e. The van der Waals surface area contributed by atoms with Gasteiger partial charge in [-0.1, -0.05) is 11.6 Å². The van der Waals surface area contributed by atoms with Crippen molar-refractivity contribution in [3.63, 3.8) is 0 Å². The number of anilines is 1. The fourth-order valence-electron chi connectivity index (χ4n) is 2.05. The molecule has 1 aliphatic heterocycles. The van der Waals surface area contributed by atoms with Gasteiger partial charge in [-0.15, -0.1) is 10.1 Å². The number of carbonyl (C=O) groups is 1. The summed E-state index contributed by atoms with van der Waals surface area (Å²) in [4.78, 5) is 28.1. The zero-order chi connectivity index (χ0) is 19.5. The number of hydrogen-bond donors (Lipinski definition) is 2. The third-order valence-electron chi connectivity index (χ3n) is 3.37. The van der Waals surface area contributed by atoms with Crippen LogP contribution in [0.2, 0.25) is 5.02 Å². The number of likely N-dealkylation sites (N-methyl/N-ethyl adjacent to an activating group) is 1. The molecule has 0 fully saturated rings. The number of nitrogens with one attached hydrogen (secondary N) is 1. The number of primary sulfonamides is 1. The third kappa shape index (κ3) is 5.35. The Labute approximate surface area is 158 Å². The molecule has 1 amide bonds. The Kier molecular flexibility index (Phi) is 6.52. The summed E-state index contributed by atoms with van der Waals surface area (Å²) in [5.74, 6) is -0.282. The highest BCUT2D eigenvalue weighted by atomic mass is 35.5. The summed E-state index contributed by atoms with van der Waals surface area (Å²) in [5, 5.41) is 17.4. The number of fused-ring (bicyclic) bond motifs is 1. The molecule has 14 heteroatoms. The Hall–Kier alpha value is -1.80. The summed E-state index contributed by atoms with van der Waals surface area (Å²) in [5.41, 5.74) is 0.629. The van der Waals surface area contributed by atoms with Crippen molar-refractivity contribution in [1.29, 1.82) is 0 Å². The van der Waals surface area contributed by atoms with Crippen LogP contribution in [0.5, 0.6) is 0 Å². The quantitative estimate of drug-likeness (QED) is 0.358. The first kappa shape index (κ1) is 20.5.